The SMILES string of the molecule is CCc1cc(C)c(Oc2nc(-c3ccccc3)nc3ccccc23)c(C)c1. The Kier molecular flexibility index (Phi) is 4.59. The number of hydrogen-bond acceptors (Lipinski definition) is 3. The number of ether oxygens (including phenoxy) is 1. The van der Waals surface area contributed by atoms with Crippen molar-refractivity contribution >= 4 is 10.9 Å². The maximum atomic E-state index is 6.36. The van der Waals surface area contributed by atoms with Crippen LogP contribution in [0.1, 0.15) is 23.6 Å². The van der Waals surface area contributed by atoms with E-state index in [1.165, 1.54) is 5.56 Å². The molecule has 0 aliphatic heterocycles. The van der Waals surface area contributed by atoms with Crippen LogP contribution in [0.25, 0.3) is 22.3 Å². The fourth-order valence-corrected chi connectivity index (χ4v) is 3.34. The molecule has 1 heterocycles. The van der Waals surface area contributed by atoms with E-state index >= 15 is 0 Å². The molecule has 4 rings (SSSR count). The Morgan fingerprint density at radius 2 is 1.48 bits per heavy atom. The zero-order valence-electron chi connectivity index (χ0n) is 15.9. The van der Waals surface area contributed by atoms with Gasteiger partial charge in [-0.15, -0.1) is 0 Å². The van der Waals surface area contributed by atoms with Crippen molar-refractivity contribution in [2.75, 3.05) is 0 Å². The Hall–Kier alpha value is -3.20. The van der Waals surface area contributed by atoms with Crippen LogP contribution in [0.5, 0.6) is 11.6 Å². The molecule has 3 nitrogen and oxygen atoms in total. The van der Waals surface area contributed by atoms with Crippen molar-refractivity contribution in [2.45, 2.75) is 27.2 Å². The topological polar surface area (TPSA) is 35.0 Å². The molecule has 3 aromatic carbocycles. The van der Waals surface area contributed by atoms with Crippen molar-refractivity contribution in [3.05, 3.63) is 83.4 Å². The van der Waals surface area contributed by atoms with Crippen LogP contribution in [-0.2, 0) is 6.42 Å². The monoisotopic (exact) mass is 354 g/mol. The lowest BCUT2D eigenvalue weighted by Gasteiger charge is -2.15. The van der Waals surface area contributed by atoms with Crippen LogP contribution in [0.2, 0.25) is 0 Å². The van der Waals surface area contributed by atoms with Crippen molar-refractivity contribution in [1.82, 2.24) is 9.97 Å². The van der Waals surface area contributed by atoms with Crippen LogP contribution < -0.4 is 4.74 Å². The molecule has 4 aromatic rings. The molecule has 0 atom stereocenters. The molecule has 0 fully saturated rings. The minimum absolute atomic E-state index is 0.593. The molecule has 3 heteroatoms. The van der Waals surface area contributed by atoms with Crippen molar-refractivity contribution in [2.24, 2.45) is 0 Å². The lowest BCUT2D eigenvalue weighted by Crippen LogP contribution is -1.99. The second-order valence-electron chi connectivity index (χ2n) is 6.75. The summed E-state index contributed by atoms with van der Waals surface area (Å²) in [4.78, 5) is 9.49. The molecule has 0 aliphatic rings. The van der Waals surface area contributed by atoms with E-state index in [0.29, 0.717) is 11.7 Å². The molecule has 27 heavy (non-hydrogen) atoms. The Bertz CT molecular complexity index is 1080. The van der Waals surface area contributed by atoms with Crippen molar-refractivity contribution in [1.29, 1.82) is 0 Å². The summed E-state index contributed by atoms with van der Waals surface area (Å²) in [6.45, 7) is 6.34. The van der Waals surface area contributed by atoms with Gasteiger partial charge in [-0.2, -0.15) is 4.98 Å². The first-order valence-corrected chi connectivity index (χ1v) is 9.26. The molecule has 0 saturated carbocycles. The zero-order chi connectivity index (χ0) is 18.8. The van der Waals surface area contributed by atoms with Crippen LogP contribution in [0, 0.1) is 13.8 Å². The molecular weight excluding hydrogens is 332 g/mol. The van der Waals surface area contributed by atoms with Gasteiger partial charge in [-0.1, -0.05) is 61.5 Å². The molecule has 0 radical (unpaired) electrons. The Balaban J connectivity index is 1.86. The summed E-state index contributed by atoms with van der Waals surface area (Å²) in [5.74, 6) is 2.13. The second kappa shape index (κ2) is 7.20. The lowest BCUT2D eigenvalue weighted by atomic mass is 10.0. The molecule has 0 N–H and O–H groups in total. The first-order chi connectivity index (χ1) is 13.2. The van der Waals surface area contributed by atoms with Gasteiger partial charge >= 0.3 is 0 Å². The summed E-state index contributed by atoms with van der Waals surface area (Å²) in [6.07, 6.45) is 1.01. The number of para-hydroxylation sites is 1. The minimum atomic E-state index is 0.593. The van der Waals surface area contributed by atoms with Gasteiger partial charge in [0.05, 0.1) is 10.9 Å². The van der Waals surface area contributed by atoms with E-state index in [9.17, 15) is 0 Å². The standard InChI is InChI=1S/C24H22N2O/c1-4-18-14-16(2)22(17(3)15-18)27-24-20-12-8-9-13-21(20)25-23(26-24)19-10-6-5-7-11-19/h5-15H,4H2,1-3H3. The molecule has 0 bridgehead atoms. The Morgan fingerprint density at radius 1 is 0.815 bits per heavy atom. The normalized spacial score (nSPS) is 10.9. The third-order valence-corrected chi connectivity index (χ3v) is 4.73. The number of fused-ring (bicyclic) bond motifs is 1. The van der Waals surface area contributed by atoms with Gasteiger partial charge in [-0.05, 0) is 49.1 Å². The fourth-order valence-electron chi connectivity index (χ4n) is 3.34. The van der Waals surface area contributed by atoms with Crippen molar-refractivity contribution in [3.63, 3.8) is 0 Å². The molecule has 0 spiro atoms. The number of rotatable bonds is 4. The van der Waals surface area contributed by atoms with Crippen LogP contribution in [0.4, 0.5) is 0 Å². The van der Waals surface area contributed by atoms with Gasteiger partial charge in [-0.3, -0.25) is 0 Å². The van der Waals surface area contributed by atoms with Crippen molar-refractivity contribution in [3.8, 4) is 23.0 Å². The fraction of sp³-hybridized carbons (Fsp3) is 0.167. The first-order valence-electron chi connectivity index (χ1n) is 9.26. The number of hydrogen-bond donors (Lipinski definition) is 0. The Labute approximate surface area is 159 Å². The molecule has 0 amide bonds. The molecule has 0 saturated heterocycles. The summed E-state index contributed by atoms with van der Waals surface area (Å²) in [6, 6.07) is 22.3. The van der Waals surface area contributed by atoms with E-state index in [-0.39, 0.29) is 0 Å². The minimum Gasteiger partial charge on any atom is -0.438 e. The van der Waals surface area contributed by atoms with Crippen LogP contribution in [0.3, 0.4) is 0 Å². The molecule has 1 aromatic heterocycles. The summed E-state index contributed by atoms with van der Waals surface area (Å²) < 4.78 is 6.36. The summed E-state index contributed by atoms with van der Waals surface area (Å²) in [5, 5.41) is 0.913. The predicted molar refractivity (Wildman–Crippen MR) is 110 cm³/mol. The number of benzene rings is 3. The van der Waals surface area contributed by atoms with Gasteiger partial charge in [0.1, 0.15) is 5.75 Å². The lowest BCUT2D eigenvalue weighted by molar-refractivity contribution is 0.461. The molecule has 0 unspecified atom stereocenters. The van der Waals surface area contributed by atoms with Crippen molar-refractivity contribution < 1.29 is 4.74 Å². The number of aromatic nitrogens is 2. The van der Waals surface area contributed by atoms with Gasteiger partial charge in [0.25, 0.3) is 0 Å². The summed E-state index contributed by atoms with van der Waals surface area (Å²) in [7, 11) is 0. The van der Waals surface area contributed by atoms with Gasteiger partial charge in [0, 0.05) is 5.56 Å². The quantitative estimate of drug-likeness (QED) is 0.433. The van der Waals surface area contributed by atoms with E-state index in [4.69, 9.17) is 14.7 Å². The number of aryl methyl sites for hydroxylation is 3. The highest BCUT2D eigenvalue weighted by Gasteiger charge is 2.14. The Morgan fingerprint density at radius 3 is 2.19 bits per heavy atom. The first kappa shape index (κ1) is 17.2. The zero-order valence-corrected chi connectivity index (χ0v) is 15.9. The maximum absolute atomic E-state index is 6.36. The van der Waals surface area contributed by atoms with E-state index in [2.05, 4.69) is 32.9 Å². The molecule has 0 aliphatic carbocycles. The van der Waals surface area contributed by atoms with Crippen LogP contribution in [-0.4, -0.2) is 9.97 Å². The van der Waals surface area contributed by atoms with Gasteiger partial charge in [-0.25, -0.2) is 4.98 Å². The highest BCUT2D eigenvalue weighted by atomic mass is 16.5. The third kappa shape index (κ3) is 3.41. The van der Waals surface area contributed by atoms with Crippen LogP contribution in [0.15, 0.2) is 66.7 Å². The van der Waals surface area contributed by atoms with E-state index in [0.717, 1.165) is 39.8 Å². The average molecular weight is 354 g/mol. The summed E-state index contributed by atoms with van der Waals surface area (Å²) >= 11 is 0. The highest BCUT2D eigenvalue weighted by Crippen LogP contribution is 2.34. The van der Waals surface area contributed by atoms with E-state index in [1.54, 1.807) is 0 Å². The van der Waals surface area contributed by atoms with Gasteiger partial charge in [0.2, 0.25) is 5.88 Å². The smallest absolute Gasteiger partial charge is 0.230 e. The molecule has 134 valence electrons. The van der Waals surface area contributed by atoms with Gasteiger partial charge < -0.3 is 4.74 Å². The molecular formula is C24H22N2O. The average Bonchev–Trinajstić information content (AvgIpc) is 2.70. The number of nitrogens with zero attached hydrogens (tertiary/aromatic N) is 2. The van der Waals surface area contributed by atoms with E-state index < -0.39 is 0 Å². The third-order valence-electron chi connectivity index (χ3n) is 4.73. The maximum Gasteiger partial charge on any atom is 0.230 e. The highest BCUT2D eigenvalue weighted by molar-refractivity contribution is 5.85. The second-order valence-corrected chi connectivity index (χ2v) is 6.75. The van der Waals surface area contributed by atoms with E-state index in [1.807, 2.05) is 54.6 Å². The van der Waals surface area contributed by atoms with Gasteiger partial charge in [0.15, 0.2) is 5.82 Å². The summed E-state index contributed by atoms with van der Waals surface area (Å²) in [5.41, 5.74) is 5.41. The predicted octanol–water partition coefficient (Wildman–Crippen LogP) is 6.27. The largest absolute Gasteiger partial charge is 0.438 e. The van der Waals surface area contributed by atoms with Crippen LogP contribution >= 0.6 is 0 Å².